The van der Waals surface area contributed by atoms with Crippen molar-refractivity contribution in [3.63, 3.8) is 0 Å². The molecule has 2 aromatic rings. The van der Waals surface area contributed by atoms with Gasteiger partial charge in [0.25, 0.3) is 5.91 Å². The van der Waals surface area contributed by atoms with Crippen LogP contribution >= 0.6 is 0 Å². The van der Waals surface area contributed by atoms with E-state index in [2.05, 4.69) is 10.6 Å². The second kappa shape index (κ2) is 10.9. The van der Waals surface area contributed by atoms with Crippen molar-refractivity contribution in [3.8, 4) is 11.5 Å². The van der Waals surface area contributed by atoms with Gasteiger partial charge in [0.05, 0.1) is 0 Å². The smallest absolute Gasteiger partial charge is 0.258 e. The zero-order valence-corrected chi connectivity index (χ0v) is 15.7. The van der Waals surface area contributed by atoms with E-state index in [1.807, 2.05) is 37.3 Å². The minimum absolute atomic E-state index is 0.157. The lowest BCUT2D eigenvalue weighted by molar-refractivity contribution is -0.129. The second-order valence-electron chi connectivity index (χ2n) is 6.11. The van der Waals surface area contributed by atoms with Crippen molar-refractivity contribution in [2.75, 3.05) is 13.2 Å². The van der Waals surface area contributed by atoms with Gasteiger partial charge in [-0.3, -0.25) is 9.59 Å². The van der Waals surface area contributed by atoms with Crippen LogP contribution < -0.4 is 20.1 Å². The Balaban J connectivity index is 1.72. The summed E-state index contributed by atoms with van der Waals surface area (Å²) in [7, 11) is 0. The molecule has 2 aromatic carbocycles. The fourth-order valence-electron chi connectivity index (χ4n) is 2.27. The van der Waals surface area contributed by atoms with Crippen molar-refractivity contribution in [2.45, 2.75) is 32.9 Å². The molecule has 0 bridgehead atoms. The predicted octanol–water partition coefficient (Wildman–Crippen LogP) is 2.68. The largest absolute Gasteiger partial charge is 0.489 e. The number of amides is 2. The first-order chi connectivity index (χ1) is 13.1. The summed E-state index contributed by atoms with van der Waals surface area (Å²) in [4.78, 5) is 23.6. The van der Waals surface area contributed by atoms with Crippen LogP contribution in [0.5, 0.6) is 11.5 Å². The van der Waals surface area contributed by atoms with Gasteiger partial charge in [0.15, 0.2) is 6.61 Å². The van der Waals surface area contributed by atoms with Gasteiger partial charge in [-0.1, -0.05) is 37.3 Å². The Morgan fingerprint density at radius 2 is 1.59 bits per heavy atom. The highest BCUT2D eigenvalue weighted by atomic mass is 16.5. The second-order valence-corrected chi connectivity index (χ2v) is 6.11. The molecule has 0 radical (unpaired) electrons. The molecule has 0 saturated carbocycles. The predicted molar refractivity (Wildman–Crippen MR) is 104 cm³/mol. The number of hydrogen-bond donors (Lipinski definition) is 2. The highest BCUT2D eigenvalue weighted by Crippen LogP contribution is 2.18. The Morgan fingerprint density at radius 3 is 2.22 bits per heavy atom. The van der Waals surface area contributed by atoms with E-state index in [1.165, 1.54) is 0 Å². The number of carbonyl (C=O) groups excluding carboxylic acids is 2. The highest BCUT2D eigenvalue weighted by Gasteiger charge is 2.15. The Morgan fingerprint density at radius 1 is 0.963 bits per heavy atom. The standard InChI is InChI=1S/C21H26N2O4/c1-3-13-22-21(25)16(2)23-20(24)15-27-19-11-9-18(10-12-19)26-14-17-7-5-4-6-8-17/h4-12,16H,3,13-15H2,1-2H3,(H,22,25)(H,23,24)/t16-/m0/s1. The van der Waals surface area contributed by atoms with Crippen molar-refractivity contribution in [1.29, 1.82) is 0 Å². The van der Waals surface area contributed by atoms with Crippen molar-refractivity contribution in [2.24, 2.45) is 0 Å². The number of rotatable bonds is 10. The van der Waals surface area contributed by atoms with Gasteiger partial charge in [0.1, 0.15) is 24.1 Å². The topological polar surface area (TPSA) is 76.7 Å². The molecule has 0 aromatic heterocycles. The van der Waals surface area contributed by atoms with Crippen LogP contribution in [0.25, 0.3) is 0 Å². The van der Waals surface area contributed by atoms with Gasteiger partial charge in [-0.05, 0) is 43.2 Å². The van der Waals surface area contributed by atoms with Gasteiger partial charge in [-0.15, -0.1) is 0 Å². The molecular formula is C21H26N2O4. The fourth-order valence-corrected chi connectivity index (χ4v) is 2.27. The van der Waals surface area contributed by atoms with E-state index in [9.17, 15) is 9.59 Å². The minimum atomic E-state index is -0.596. The maximum atomic E-state index is 11.9. The average Bonchev–Trinajstić information content (AvgIpc) is 2.70. The summed E-state index contributed by atoms with van der Waals surface area (Å²) >= 11 is 0. The van der Waals surface area contributed by atoms with Crippen molar-refractivity contribution in [3.05, 3.63) is 60.2 Å². The van der Waals surface area contributed by atoms with Crippen LogP contribution in [0.1, 0.15) is 25.8 Å². The summed E-state index contributed by atoms with van der Waals surface area (Å²) in [5.74, 6) is 0.723. The number of ether oxygens (including phenoxy) is 2. The molecular weight excluding hydrogens is 344 g/mol. The number of hydrogen-bond acceptors (Lipinski definition) is 4. The first-order valence-corrected chi connectivity index (χ1v) is 9.05. The lowest BCUT2D eigenvalue weighted by Gasteiger charge is -2.14. The first-order valence-electron chi connectivity index (χ1n) is 9.05. The van der Waals surface area contributed by atoms with Gasteiger partial charge in [-0.2, -0.15) is 0 Å². The third-order valence-corrected chi connectivity index (χ3v) is 3.76. The zero-order chi connectivity index (χ0) is 19.5. The summed E-state index contributed by atoms with van der Waals surface area (Å²) in [6.45, 7) is 4.53. The van der Waals surface area contributed by atoms with Crippen molar-refractivity contribution in [1.82, 2.24) is 10.6 Å². The molecule has 27 heavy (non-hydrogen) atoms. The van der Waals surface area contributed by atoms with Gasteiger partial charge in [-0.25, -0.2) is 0 Å². The molecule has 0 saturated heterocycles. The molecule has 6 nitrogen and oxygen atoms in total. The Bertz CT molecular complexity index is 717. The van der Waals surface area contributed by atoms with Crippen LogP contribution in [0, 0.1) is 0 Å². The van der Waals surface area contributed by atoms with E-state index in [-0.39, 0.29) is 18.4 Å². The van der Waals surface area contributed by atoms with Crippen LogP contribution in [0.2, 0.25) is 0 Å². The Labute approximate surface area is 159 Å². The van der Waals surface area contributed by atoms with Crippen molar-refractivity contribution >= 4 is 11.8 Å². The molecule has 0 unspecified atom stereocenters. The molecule has 0 aliphatic heterocycles. The highest BCUT2D eigenvalue weighted by molar-refractivity contribution is 5.87. The van der Waals surface area contributed by atoms with E-state index in [0.717, 1.165) is 17.7 Å². The molecule has 144 valence electrons. The Kier molecular flexibility index (Phi) is 8.16. The lowest BCUT2D eigenvalue weighted by Crippen LogP contribution is -2.46. The molecule has 6 heteroatoms. The van der Waals surface area contributed by atoms with Crippen LogP contribution in [0.15, 0.2) is 54.6 Å². The summed E-state index contributed by atoms with van der Waals surface area (Å²) in [5.41, 5.74) is 1.09. The van der Waals surface area contributed by atoms with Crippen LogP contribution in [-0.4, -0.2) is 31.0 Å². The maximum Gasteiger partial charge on any atom is 0.258 e. The number of carbonyl (C=O) groups is 2. The van der Waals surface area contributed by atoms with Gasteiger partial charge in [0, 0.05) is 6.54 Å². The molecule has 2 rings (SSSR count). The number of benzene rings is 2. The van der Waals surface area contributed by atoms with Crippen molar-refractivity contribution < 1.29 is 19.1 Å². The maximum absolute atomic E-state index is 11.9. The van der Waals surface area contributed by atoms with E-state index in [0.29, 0.717) is 18.9 Å². The summed E-state index contributed by atoms with van der Waals surface area (Å²) in [5, 5.41) is 5.34. The first kappa shape index (κ1) is 20.3. The molecule has 0 spiro atoms. The van der Waals surface area contributed by atoms with E-state index in [1.54, 1.807) is 31.2 Å². The normalized spacial score (nSPS) is 11.3. The summed E-state index contributed by atoms with van der Waals surface area (Å²) < 4.78 is 11.2. The van der Waals surface area contributed by atoms with Crippen LogP contribution in [0.4, 0.5) is 0 Å². The van der Waals surface area contributed by atoms with E-state index in [4.69, 9.17) is 9.47 Å². The molecule has 0 aliphatic rings. The van der Waals surface area contributed by atoms with Gasteiger partial charge in [0.2, 0.25) is 5.91 Å². The van der Waals surface area contributed by atoms with E-state index >= 15 is 0 Å². The number of nitrogens with one attached hydrogen (secondary N) is 2. The molecule has 0 heterocycles. The third-order valence-electron chi connectivity index (χ3n) is 3.76. The van der Waals surface area contributed by atoms with E-state index < -0.39 is 6.04 Å². The molecule has 2 amide bonds. The third kappa shape index (κ3) is 7.40. The quantitative estimate of drug-likeness (QED) is 0.674. The van der Waals surface area contributed by atoms with Gasteiger partial charge >= 0.3 is 0 Å². The minimum Gasteiger partial charge on any atom is -0.489 e. The SMILES string of the molecule is CCCNC(=O)[C@H](C)NC(=O)COc1ccc(OCc2ccccc2)cc1. The fraction of sp³-hybridized carbons (Fsp3) is 0.333. The molecule has 1 atom stereocenters. The van der Waals surface area contributed by atoms with Gasteiger partial charge < -0.3 is 20.1 Å². The lowest BCUT2D eigenvalue weighted by atomic mass is 10.2. The molecule has 2 N–H and O–H groups in total. The summed E-state index contributed by atoms with van der Waals surface area (Å²) in [6.07, 6.45) is 0.848. The molecule has 0 fully saturated rings. The summed E-state index contributed by atoms with van der Waals surface area (Å²) in [6, 6.07) is 16.4. The average molecular weight is 370 g/mol. The molecule has 0 aliphatic carbocycles. The van der Waals surface area contributed by atoms with Crippen LogP contribution in [-0.2, 0) is 16.2 Å². The van der Waals surface area contributed by atoms with Crippen LogP contribution in [0.3, 0.4) is 0 Å². The Hall–Kier alpha value is -3.02. The zero-order valence-electron chi connectivity index (χ0n) is 15.7. The monoisotopic (exact) mass is 370 g/mol.